The Morgan fingerprint density at radius 3 is 2.58 bits per heavy atom. The highest BCUT2D eigenvalue weighted by atomic mass is 19.4. The normalized spacial score (nSPS) is 19.5. The number of anilines is 1. The van der Waals surface area contributed by atoms with Crippen LogP contribution in [0, 0.1) is 11.7 Å². The minimum atomic E-state index is -4.92. The first-order chi connectivity index (χ1) is 12.4. The molecule has 1 fully saturated rings. The molecule has 2 heterocycles. The van der Waals surface area contributed by atoms with E-state index < -0.39 is 36.0 Å². The molecular weight excluding hydrogens is 359 g/mol. The lowest BCUT2D eigenvalue weighted by atomic mass is 9.90. The molecule has 1 atom stereocenters. The Balaban J connectivity index is 1.96. The van der Waals surface area contributed by atoms with Crippen molar-refractivity contribution < 1.29 is 26.7 Å². The highest BCUT2D eigenvalue weighted by Crippen LogP contribution is 2.38. The van der Waals surface area contributed by atoms with E-state index in [1.807, 2.05) is 0 Å². The van der Waals surface area contributed by atoms with Crippen molar-refractivity contribution in [3.8, 4) is 0 Å². The summed E-state index contributed by atoms with van der Waals surface area (Å²) < 4.78 is 73.0. The average Bonchev–Trinajstić information content (AvgIpc) is 3.13. The SMILES string of the molecule is FC[C@H](Nc1cc(C2=NNCO2)cc(F)c1C(F)(F)F)C1CCNCC1. The smallest absolute Gasteiger partial charge is 0.421 e. The molecule has 0 radical (unpaired) electrons. The minimum Gasteiger partial charge on any atom is -0.454 e. The summed E-state index contributed by atoms with van der Waals surface area (Å²) in [6.07, 6.45) is -3.66. The van der Waals surface area contributed by atoms with Crippen LogP contribution < -0.4 is 16.1 Å². The van der Waals surface area contributed by atoms with Crippen LogP contribution >= 0.6 is 0 Å². The van der Waals surface area contributed by atoms with Gasteiger partial charge in [0.15, 0.2) is 6.73 Å². The van der Waals surface area contributed by atoms with Gasteiger partial charge in [0.25, 0.3) is 0 Å². The van der Waals surface area contributed by atoms with Crippen molar-refractivity contribution in [2.75, 3.05) is 31.8 Å². The summed E-state index contributed by atoms with van der Waals surface area (Å²) in [6.45, 7) is 0.523. The van der Waals surface area contributed by atoms with Crippen LogP contribution in [0.1, 0.15) is 24.0 Å². The number of hydrogen-bond donors (Lipinski definition) is 3. The van der Waals surface area contributed by atoms with E-state index in [2.05, 4.69) is 21.2 Å². The largest absolute Gasteiger partial charge is 0.454 e. The van der Waals surface area contributed by atoms with E-state index in [9.17, 15) is 22.0 Å². The Hall–Kier alpha value is -2.10. The van der Waals surface area contributed by atoms with Crippen LogP contribution in [-0.2, 0) is 10.9 Å². The number of ether oxygens (including phenoxy) is 1. The van der Waals surface area contributed by atoms with E-state index >= 15 is 0 Å². The second kappa shape index (κ2) is 7.65. The van der Waals surface area contributed by atoms with Crippen molar-refractivity contribution in [2.45, 2.75) is 25.1 Å². The van der Waals surface area contributed by atoms with Gasteiger partial charge < -0.3 is 15.4 Å². The number of hydrazone groups is 1. The fraction of sp³-hybridized carbons (Fsp3) is 0.562. The highest BCUT2D eigenvalue weighted by molar-refractivity contribution is 5.95. The van der Waals surface area contributed by atoms with Gasteiger partial charge in [-0.2, -0.15) is 13.2 Å². The standard InChI is InChI=1S/C16H19F5N4O/c17-7-13(9-1-3-22-4-2-9)24-12-6-10(15-25-23-8-26-15)5-11(18)14(12)16(19,20)21/h5-6,9,13,22-24H,1-4,7-8H2/t13-/m0/s1. The monoisotopic (exact) mass is 378 g/mol. The van der Waals surface area contributed by atoms with E-state index in [1.54, 1.807) is 0 Å². The molecule has 3 rings (SSSR count). The maximum Gasteiger partial charge on any atom is 0.421 e. The molecule has 0 bridgehead atoms. The third-order valence-corrected chi connectivity index (χ3v) is 4.53. The van der Waals surface area contributed by atoms with Crippen LogP contribution in [0.15, 0.2) is 17.2 Å². The number of benzene rings is 1. The molecule has 0 saturated carbocycles. The lowest BCUT2D eigenvalue weighted by Gasteiger charge is -2.31. The maximum atomic E-state index is 14.3. The molecule has 1 aromatic carbocycles. The van der Waals surface area contributed by atoms with Crippen molar-refractivity contribution in [2.24, 2.45) is 11.0 Å². The van der Waals surface area contributed by atoms with Crippen LogP contribution in [0.5, 0.6) is 0 Å². The fourth-order valence-electron chi connectivity index (χ4n) is 3.25. The van der Waals surface area contributed by atoms with Gasteiger partial charge in [-0.15, -0.1) is 5.10 Å². The number of nitrogens with one attached hydrogen (secondary N) is 3. The van der Waals surface area contributed by atoms with Gasteiger partial charge in [0.1, 0.15) is 18.1 Å². The van der Waals surface area contributed by atoms with Crippen LogP contribution in [0.4, 0.5) is 27.6 Å². The molecule has 10 heteroatoms. The van der Waals surface area contributed by atoms with E-state index in [1.165, 1.54) is 0 Å². The number of alkyl halides is 4. The van der Waals surface area contributed by atoms with Crippen LogP contribution in [-0.4, -0.2) is 38.4 Å². The highest BCUT2D eigenvalue weighted by Gasteiger charge is 2.39. The van der Waals surface area contributed by atoms with Crippen LogP contribution in [0.25, 0.3) is 0 Å². The second-order valence-electron chi connectivity index (χ2n) is 6.23. The molecule has 5 nitrogen and oxygen atoms in total. The first-order valence-corrected chi connectivity index (χ1v) is 8.28. The fourth-order valence-corrected chi connectivity index (χ4v) is 3.25. The third-order valence-electron chi connectivity index (χ3n) is 4.53. The van der Waals surface area contributed by atoms with Gasteiger partial charge in [0.2, 0.25) is 5.90 Å². The minimum absolute atomic E-state index is 0.0145. The Morgan fingerprint density at radius 2 is 2.00 bits per heavy atom. The Kier molecular flexibility index (Phi) is 5.49. The second-order valence-corrected chi connectivity index (χ2v) is 6.23. The quantitative estimate of drug-likeness (QED) is 0.690. The topological polar surface area (TPSA) is 57.7 Å². The Labute approximate surface area is 147 Å². The summed E-state index contributed by atoms with van der Waals surface area (Å²) in [5.74, 6) is -1.62. The molecule has 1 aromatic rings. The van der Waals surface area contributed by atoms with E-state index in [-0.39, 0.29) is 24.1 Å². The van der Waals surface area contributed by atoms with Gasteiger partial charge in [-0.25, -0.2) is 8.78 Å². The predicted molar refractivity (Wildman–Crippen MR) is 86.0 cm³/mol. The van der Waals surface area contributed by atoms with Crippen molar-refractivity contribution in [3.63, 3.8) is 0 Å². The molecule has 0 aliphatic carbocycles. The molecule has 0 spiro atoms. The molecule has 2 aliphatic rings. The molecule has 1 saturated heterocycles. The lowest BCUT2D eigenvalue weighted by molar-refractivity contribution is -0.139. The summed E-state index contributed by atoms with van der Waals surface area (Å²) in [6, 6.07) is 0.980. The zero-order chi connectivity index (χ0) is 18.7. The number of hydrogen-bond acceptors (Lipinski definition) is 5. The molecule has 144 valence electrons. The van der Waals surface area contributed by atoms with Crippen molar-refractivity contribution in [1.82, 2.24) is 10.7 Å². The predicted octanol–water partition coefficient (Wildman–Crippen LogP) is 2.83. The summed E-state index contributed by atoms with van der Waals surface area (Å²) in [5.41, 5.74) is 0.587. The van der Waals surface area contributed by atoms with Gasteiger partial charge in [0, 0.05) is 5.56 Å². The van der Waals surface area contributed by atoms with Gasteiger partial charge in [0.05, 0.1) is 11.7 Å². The summed E-state index contributed by atoms with van der Waals surface area (Å²) in [5, 5.41) is 9.46. The van der Waals surface area contributed by atoms with Gasteiger partial charge in [-0.3, -0.25) is 5.43 Å². The van der Waals surface area contributed by atoms with Crippen molar-refractivity contribution >= 4 is 11.6 Å². The first kappa shape index (κ1) is 18.7. The summed E-state index contributed by atoms with van der Waals surface area (Å²) >= 11 is 0. The zero-order valence-electron chi connectivity index (χ0n) is 13.8. The number of rotatable bonds is 5. The molecule has 0 unspecified atom stereocenters. The first-order valence-electron chi connectivity index (χ1n) is 8.28. The Bertz CT molecular complexity index is 673. The zero-order valence-corrected chi connectivity index (χ0v) is 13.8. The molecule has 0 amide bonds. The average molecular weight is 378 g/mol. The van der Waals surface area contributed by atoms with Gasteiger partial charge >= 0.3 is 6.18 Å². The number of nitrogens with zero attached hydrogens (tertiary/aromatic N) is 1. The lowest BCUT2D eigenvalue weighted by Crippen LogP contribution is -2.39. The molecule has 26 heavy (non-hydrogen) atoms. The maximum absolute atomic E-state index is 14.3. The van der Waals surface area contributed by atoms with E-state index in [0.29, 0.717) is 25.9 Å². The van der Waals surface area contributed by atoms with E-state index in [0.717, 1.165) is 12.1 Å². The van der Waals surface area contributed by atoms with E-state index in [4.69, 9.17) is 4.74 Å². The molecule has 2 aliphatic heterocycles. The summed E-state index contributed by atoms with van der Waals surface area (Å²) in [4.78, 5) is 0. The Morgan fingerprint density at radius 1 is 1.27 bits per heavy atom. The van der Waals surface area contributed by atoms with Crippen molar-refractivity contribution in [1.29, 1.82) is 0 Å². The molecule has 0 aromatic heterocycles. The third kappa shape index (κ3) is 4.00. The molecular formula is C16H19F5N4O. The summed E-state index contributed by atoms with van der Waals surface area (Å²) in [7, 11) is 0. The van der Waals surface area contributed by atoms with Gasteiger partial charge in [-0.05, 0) is 44.0 Å². The van der Waals surface area contributed by atoms with Gasteiger partial charge in [-0.1, -0.05) is 0 Å². The van der Waals surface area contributed by atoms with Crippen LogP contribution in [0.3, 0.4) is 0 Å². The number of piperidine rings is 1. The number of halogens is 5. The van der Waals surface area contributed by atoms with Crippen molar-refractivity contribution in [3.05, 3.63) is 29.1 Å². The van der Waals surface area contributed by atoms with Crippen LogP contribution in [0.2, 0.25) is 0 Å². The molecule has 3 N–H and O–H groups in total.